The number of alkyl halides is 3. The first-order valence-electron chi connectivity index (χ1n) is 6.45. The summed E-state index contributed by atoms with van der Waals surface area (Å²) >= 11 is 0. The van der Waals surface area contributed by atoms with Crippen LogP contribution in [0.1, 0.15) is 20.8 Å². The molecule has 0 radical (unpaired) electrons. The molecule has 124 valence electrons. The maximum absolute atomic E-state index is 12.3. The zero-order chi connectivity index (χ0) is 16.3. The predicted molar refractivity (Wildman–Crippen MR) is 65.6 cm³/mol. The summed E-state index contributed by atoms with van der Waals surface area (Å²) in [6.45, 7) is 3.75. The Hall–Kier alpha value is -1.06. The second-order valence-electron chi connectivity index (χ2n) is 5.71. The quantitative estimate of drug-likeness (QED) is 0.837. The fourth-order valence-corrected chi connectivity index (χ4v) is 1.76. The second kappa shape index (κ2) is 6.80. The molecule has 9 heteroatoms. The molecule has 0 saturated carbocycles. The first kappa shape index (κ1) is 18.0. The van der Waals surface area contributed by atoms with Crippen LogP contribution in [0.3, 0.4) is 0 Å². The van der Waals surface area contributed by atoms with Gasteiger partial charge in [-0.1, -0.05) is 0 Å². The molecule has 0 bridgehead atoms. The third-order valence-corrected chi connectivity index (χ3v) is 2.52. The number of hydrogen-bond donors (Lipinski definition) is 1. The summed E-state index contributed by atoms with van der Waals surface area (Å²) in [4.78, 5) is 13.0. The van der Waals surface area contributed by atoms with Gasteiger partial charge < -0.3 is 19.5 Å². The van der Waals surface area contributed by atoms with Crippen LogP contribution in [0, 0.1) is 0 Å². The highest BCUT2D eigenvalue weighted by Crippen LogP contribution is 2.22. The number of aliphatic hydroxyl groups excluding tert-OH is 1. The van der Waals surface area contributed by atoms with E-state index in [0.29, 0.717) is 0 Å². The van der Waals surface area contributed by atoms with Crippen LogP contribution in [-0.4, -0.2) is 66.6 Å². The summed E-state index contributed by atoms with van der Waals surface area (Å²) in [6.07, 6.45) is -7.75. The Morgan fingerprint density at radius 3 is 2.43 bits per heavy atom. The van der Waals surface area contributed by atoms with Crippen LogP contribution < -0.4 is 0 Å². The van der Waals surface area contributed by atoms with Crippen molar-refractivity contribution >= 4 is 6.09 Å². The number of carbonyl (C=O) groups is 1. The molecule has 1 aliphatic heterocycles. The lowest BCUT2D eigenvalue weighted by Gasteiger charge is -2.28. The Morgan fingerprint density at radius 1 is 1.33 bits per heavy atom. The van der Waals surface area contributed by atoms with Crippen LogP contribution in [0.4, 0.5) is 18.0 Å². The number of ether oxygens (including phenoxy) is 3. The zero-order valence-corrected chi connectivity index (χ0v) is 12.1. The molecule has 1 N–H and O–H groups in total. The van der Waals surface area contributed by atoms with E-state index in [1.54, 1.807) is 20.8 Å². The molecule has 1 saturated heterocycles. The standard InChI is InChI=1S/C12H20F3NO5/c1-11(2,3)21-10(18)16-4-8(6-17)19-7-9(5-16)20-12(13,14)15/h8-9,17H,4-7H2,1-3H3/t8-,9+/m0/s1. The van der Waals surface area contributed by atoms with Crippen molar-refractivity contribution in [2.45, 2.75) is 44.9 Å². The zero-order valence-electron chi connectivity index (χ0n) is 12.1. The average Bonchev–Trinajstić information content (AvgIpc) is 2.47. The van der Waals surface area contributed by atoms with Crippen LogP contribution in [0.25, 0.3) is 0 Å². The smallest absolute Gasteiger partial charge is 0.444 e. The molecule has 2 atom stereocenters. The molecule has 0 unspecified atom stereocenters. The van der Waals surface area contributed by atoms with Crippen molar-refractivity contribution in [3.63, 3.8) is 0 Å². The Bertz CT molecular complexity index is 356. The van der Waals surface area contributed by atoms with Gasteiger partial charge in [0, 0.05) is 0 Å². The molecule has 0 aliphatic carbocycles. The van der Waals surface area contributed by atoms with Crippen LogP contribution in [0.5, 0.6) is 0 Å². The van der Waals surface area contributed by atoms with Gasteiger partial charge in [-0.2, -0.15) is 0 Å². The summed E-state index contributed by atoms with van der Waals surface area (Å²) in [6, 6.07) is 0. The summed E-state index contributed by atoms with van der Waals surface area (Å²) in [7, 11) is 0. The second-order valence-corrected chi connectivity index (χ2v) is 5.71. The van der Waals surface area contributed by atoms with Crippen molar-refractivity contribution in [2.75, 3.05) is 26.3 Å². The van der Waals surface area contributed by atoms with Gasteiger partial charge in [0.1, 0.15) is 11.7 Å². The number of amides is 1. The molecule has 1 heterocycles. The Kier molecular flexibility index (Phi) is 5.83. The van der Waals surface area contributed by atoms with Crippen molar-refractivity contribution in [1.29, 1.82) is 0 Å². The number of hydrogen-bond acceptors (Lipinski definition) is 5. The van der Waals surface area contributed by atoms with Crippen molar-refractivity contribution in [3.05, 3.63) is 0 Å². The Morgan fingerprint density at radius 2 is 1.95 bits per heavy atom. The van der Waals surface area contributed by atoms with Crippen LogP contribution in [0.15, 0.2) is 0 Å². The molecule has 0 aromatic carbocycles. The third kappa shape index (κ3) is 6.96. The maximum atomic E-state index is 12.3. The van der Waals surface area contributed by atoms with E-state index in [-0.39, 0.29) is 19.7 Å². The van der Waals surface area contributed by atoms with Gasteiger partial charge in [0.25, 0.3) is 0 Å². The van der Waals surface area contributed by atoms with E-state index >= 15 is 0 Å². The summed E-state index contributed by atoms with van der Waals surface area (Å²) in [5.74, 6) is 0. The minimum absolute atomic E-state index is 0.0663. The summed E-state index contributed by atoms with van der Waals surface area (Å²) in [5, 5.41) is 9.10. The molecule has 6 nitrogen and oxygen atoms in total. The Labute approximate surface area is 120 Å². The number of carbonyl (C=O) groups excluding carboxylic acids is 1. The van der Waals surface area contributed by atoms with E-state index in [9.17, 15) is 18.0 Å². The predicted octanol–water partition coefficient (Wildman–Crippen LogP) is 1.52. The number of rotatable bonds is 2. The first-order chi connectivity index (χ1) is 9.50. The van der Waals surface area contributed by atoms with E-state index < -0.39 is 36.9 Å². The topological polar surface area (TPSA) is 68.2 Å². The molecular weight excluding hydrogens is 295 g/mol. The lowest BCUT2D eigenvalue weighted by Crippen LogP contribution is -2.44. The van der Waals surface area contributed by atoms with Crippen molar-refractivity contribution in [2.24, 2.45) is 0 Å². The number of halogens is 3. The highest BCUT2D eigenvalue weighted by Gasteiger charge is 2.38. The number of nitrogens with zero attached hydrogens (tertiary/aromatic N) is 1. The first-order valence-corrected chi connectivity index (χ1v) is 6.45. The van der Waals surface area contributed by atoms with E-state index in [4.69, 9.17) is 14.6 Å². The largest absolute Gasteiger partial charge is 0.522 e. The number of aliphatic hydroxyl groups is 1. The molecule has 1 fully saturated rings. The normalized spacial score (nSPS) is 24.6. The molecule has 1 aliphatic rings. The van der Waals surface area contributed by atoms with E-state index in [0.717, 1.165) is 4.90 Å². The van der Waals surface area contributed by atoms with Gasteiger partial charge in [0.2, 0.25) is 0 Å². The lowest BCUT2D eigenvalue weighted by atomic mass is 10.2. The lowest BCUT2D eigenvalue weighted by molar-refractivity contribution is -0.346. The van der Waals surface area contributed by atoms with E-state index in [1.807, 2.05) is 0 Å². The SMILES string of the molecule is CC(C)(C)OC(=O)N1C[C@@H](CO)OC[C@H](OC(F)(F)F)C1. The molecule has 1 rings (SSSR count). The molecule has 1 amide bonds. The molecule has 0 spiro atoms. The minimum atomic E-state index is -4.83. The molecule has 0 aromatic heterocycles. The monoisotopic (exact) mass is 315 g/mol. The summed E-state index contributed by atoms with van der Waals surface area (Å²) < 4.78 is 51.0. The molecular formula is C12H20F3NO5. The van der Waals surface area contributed by atoms with Gasteiger partial charge >= 0.3 is 12.5 Å². The maximum Gasteiger partial charge on any atom is 0.522 e. The minimum Gasteiger partial charge on any atom is -0.444 e. The van der Waals surface area contributed by atoms with Crippen molar-refractivity contribution < 1.29 is 37.3 Å². The average molecular weight is 315 g/mol. The van der Waals surface area contributed by atoms with Gasteiger partial charge in [-0.05, 0) is 20.8 Å². The fourth-order valence-electron chi connectivity index (χ4n) is 1.76. The van der Waals surface area contributed by atoms with Gasteiger partial charge in [0.05, 0.1) is 32.4 Å². The van der Waals surface area contributed by atoms with Gasteiger partial charge in [0.15, 0.2) is 0 Å². The van der Waals surface area contributed by atoms with Crippen LogP contribution >= 0.6 is 0 Å². The fraction of sp³-hybridized carbons (Fsp3) is 0.917. The van der Waals surface area contributed by atoms with Crippen LogP contribution in [-0.2, 0) is 14.2 Å². The van der Waals surface area contributed by atoms with E-state index in [1.165, 1.54) is 0 Å². The van der Waals surface area contributed by atoms with E-state index in [2.05, 4.69) is 4.74 Å². The van der Waals surface area contributed by atoms with Crippen molar-refractivity contribution in [1.82, 2.24) is 4.90 Å². The van der Waals surface area contributed by atoms with Gasteiger partial charge in [-0.3, -0.25) is 4.74 Å². The van der Waals surface area contributed by atoms with Gasteiger partial charge in [-0.15, -0.1) is 13.2 Å². The highest BCUT2D eigenvalue weighted by molar-refractivity contribution is 5.68. The molecule has 0 aromatic rings. The molecule has 21 heavy (non-hydrogen) atoms. The Balaban J connectivity index is 2.76. The summed E-state index contributed by atoms with van der Waals surface area (Å²) in [5.41, 5.74) is -0.778. The van der Waals surface area contributed by atoms with Gasteiger partial charge in [-0.25, -0.2) is 4.79 Å². The van der Waals surface area contributed by atoms with Crippen LogP contribution in [0.2, 0.25) is 0 Å². The van der Waals surface area contributed by atoms with Crippen molar-refractivity contribution in [3.8, 4) is 0 Å². The highest BCUT2D eigenvalue weighted by atomic mass is 19.4. The third-order valence-electron chi connectivity index (χ3n) is 2.52.